The maximum Gasteiger partial charge on any atom is 0.472 e. The number of amides is 1. The molecule has 9 nitrogen and oxygen atoms in total. The van der Waals surface area contributed by atoms with Crippen LogP contribution in [0.25, 0.3) is 0 Å². The number of phosphoric acid groups is 1. The van der Waals surface area contributed by atoms with Gasteiger partial charge in [0.25, 0.3) is 0 Å². The molecule has 1 amide bonds. The molecule has 3 unspecified atom stereocenters. The highest BCUT2D eigenvalue weighted by atomic mass is 31.2. The van der Waals surface area contributed by atoms with Gasteiger partial charge in [-0.1, -0.05) is 319 Å². The van der Waals surface area contributed by atoms with E-state index in [1.54, 1.807) is 0 Å². The lowest BCUT2D eigenvalue weighted by atomic mass is 10.0. The molecule has 0 aliphatic heterocycles. The smallest absolute Gasteiger partial charge is 0.456 e. The van der Waals surface area contributed by atoms with Crippen molar-refractivity contribution in [2.45, 2.75) is 380 Å². The number of phosphoric ester groups is 1. The minimum absolute atomic E-state index is 0.0407. The number of carbonyl (C=O) groups is 2. The van der Waals surface area contributed by atoms with Crippen LogP contribution in [-0.2, 0) is 27.9 Å². The summed E-state index contributed by atoms with van der Waals surface area (Å²) < 4.78 is 30.9. The Kier molecular flexibility index (Phi) is 64.9. The van der Waals surface area contributed by atoms with Crippen LogP contribution in [-0.4, -0.2) is 74.3 Å². The van der Waals surface area contributed by atoms with Crippen molar-refractivity contribution in [2.75, 3.05) is 40.9 Å². The molecule has 2 N–H and O–H groups in total. The van der Waals surface area contributed by atoms with Gasteiger partial charge in [0.2, 0.25) is 5.91 Å². The summed E-state index contributed by atoms with van der Waals surface area (Å²) in [6.07, 6.45) is 86.7. The number of hydrogen-bond donors (Lipinski definition) is 2. The fourth-order valence-corrected chi connectivity index (χ4v) is 11.9. The van der Waals surface area contributed by atoms with Crippen molar-refractivity contribution in [1.82, 2.24) is 5.32 Å². The second kappa shape index (κ2) is 66.6. The predicted molar refractivity (Wildman–Crippen MR) is 378 cm³/mol. The van der Waals surface area contributed by atoms with Gasteiger partial charge in [0, 0.05) is 12.8 Å². The van der Waals surface area contributed by atoms with Crippen molar-refractivity contribution >= 4 is 19.7 Å². The van der Waals surface area contributed by atoms with Crippen LogP contribution in [0.3, 0.4) is 0 Å². The molecule has 87 heavy (non-hydrogen) atoms. The van der Waals surface area contributed by atoms with Gasteiger partial charge in [-0.15, -0.1) is 0 Å². The third-order valence-corrected chi connectivity index (χ3v) is 17.9. The summed E-state index contributed by atoms with van der Waals surface area (Å²) in [6.45, 7) is 7.03. The fraction of sp³-hybridized carbons (Fsp3) is 0.844. The number of likely N-dealkylation sites (N-methyl/N-ethyl adjacent to an activating group) is 1. The molecule has 3 atom stereocenters. The molecule has 0 saturated heterocycles. The lowest BCUT2D eigenvalue weighted by Gasteiger charge is -2.27. The zero-order valence-corrected chi connectivity index (χ0v) is 59.4. The molecule has 0 aliphatic carbocycles. The molecular weight excluding hydrogens is 1100 g/mol. The van der Waals surface area contributed by atoms with Gasteiger partial charge in [0.05, 0.1) is 33.8 Å². The van der Waals surface area contributed by atoms with Crippen LogP contribution < -0.4 is 5.32 Å². The van der Waals surface area contributed by atoms with Gasteiger partial charge >= 0.3 is 13.8 Å². The third-order valence-electron chi connectivity index (χ3n) is 16.9. The Hall–Kier alpha value is -2.29. The van der Waals surface area contributed by atoms with Gasteiger partial charge in [-0.2, -0.15) is 0 Å². The Labute approximate surface area is 541 Å². The number of nitrogens with zero attached hydrogens (tertiary/aromatic N) is 1. The van der Waals surface area contributed by atoms with E-state index in [4.69, 9.17) is 13.8 Å². The van der Waals surface area contributed by atoms with Gasteiger partial charge in [-0.3, -0.25) is 18.6 Å². The summed E-state index contributed by atoms with van der Waals surface area (Å²) in [5, 5.41) is 3.08. The lowest BCUT2D eigenvalue weighted by Crippen LogP contribution is -2.47. The van der Waals surface area contributed by atoms with Crippen LogP contribution in [0.15, 0.2) is 60.8 Å². The number of carbonyl (C=O) groups excluding carboxylic acids is 2. The molecule has 0 aliphatic rings. The van der Waals surface area contributed by atoms with E-state index in [1.807, 2.05) is 33.3 Å². The van der Waals surface area contributed by atoms with Crippen molar-refractivity contribution in [3.63, 3.8) is 0 Å². The molecule has 0 aromatic carbocycles. The van der Waals surface area contributed by atoms with Crippen molar-refractivity contribution < 1.29 is 37.3 Å². The summed E-state index contributed by atoms with van der Waals surface area (Å²) in [5.41, 5.74) is 0. The van der Waals surface area contributed by atoms with E-state index in [-0.39, 0.29) is 25.1 Å². The summed E-state index contributed by atoms with van der Waals surface area (Å²) in [5.74, 6) is -0.492. The number of unbranched alkanes of at least 4 members (excludes halogenated alkanes) is 45. The number of ether oxygens (including phenoxy) is 1. The van der Waals surface area contributed by atoms with Crippen LogP contribution in [0.1, 0.15) is 367 Å². The van der Waals surface area contributed by atoms with Crippen molar-refractivity contribution in [3.8, 4) is 0 Å². The average Bonchev–Trinajstić information content (AvgIpc) is 3.70. The van der Waals surface area contributed by atoms with E-state index in [0.29, 0.717) is 23.9 Å². The molecular formula is C77H146N2O7P+. The first kappa shape index (κ1) is 84.7. The molecule has 10 heteroatoms. The van der Waals surface area contributed by atoms with Gasteiger partial charge in [0.1, 0.15) is 19.3 Å². The van der Waals surface area contributed by atoms with E-state index in [9.17, 15) is 19.0 Å². The molecule has 0 heterocycles. The summed E-state index contributed by atoms with van der Waals surface area (Å²) >= 11 is 0. The summed E-state index contributed by atoms with van der Waals surface area (Å²) in [7, 11) is 1.51. The fourth-order valence-electron chi connectivity index (χ4n) is 11.1. The Morgan fingerprint density at radius 1 is 0.402 bits per heavy atom. The second-order valence-electron chi connectivity index (χ2n) is 26.8. The largest absolute Gasteiger partial charge is 0.472 e. The Bertz CT molecular complexity index is 1670. The Morgan fingerprint density at radius 3 is 1.08 bits per heavy atom. The highest BCUT2D eigenvalue weighted by Crippen LogP contribution is 2.43. The molecule has 0 radical (unpaired) electrons. The standard InChI is InChI=1S/C77H145N2O7P/c1-7-10-13-16-19-22-25-27-29-31-33-35-37-39-41-43-45-47-49-51-54-57-60-63-66-69-76(80)78-74(73-85-87(82,83)84-72-71-79(4,5)6)75(68-65-62-59-56-53-24-21-18-15-12-9-3)86-77(81)70-67-64-61-58-55-52-50-48-46-44-42-40-38-36-34-32-30-28-26-23-20-17-14-11-8-2/h20,23,27-30,34,36,65,68,74-75H,7-19,21-22,24-26,31-33,35,37-64,66-67,69-73H2,1-6H3,(H-,78,80,82,83)/p+1/b23-20-,29-27+,30-28-,36-34-,68-65+. The van der Waals surface area contributed by atoms with Gasteiger partial charge < -0.3 is 19.4 Å². The van der Waals surface area contributed by atoms with Crippen LogP contribution in [0, 0.1) is 0 Å². The zero-order chi connectivity index (χ0) is 63.5. The van der Waals surface area contributed by atoms with Gasteiger partial charge in [-0.05, 0) is 96.0 Å². The topological polar surface area (TPSA) is 111 Å². The second-order valence-corrected chi connectivity index (χ2v) is 28.3. The maximum absolute atomic E-state index is 13.6. The predicted octanol–water partition coefficient (Wildman–Crippen LogP) is 24.1. The van der Waals surface area contributed by atoms with E-state index in [2.05, 4.69) is 74.7 Å². The van der Waals surface area contributed by atoms with E-state index in [1.165, 1.54) is 263 Å². The highest BCUT2D eigenvalue weighted by molar-refractivity contribution is 7.47. The molecule has 0 saturated carbocycles. The summed E-state index contributed by atoms with van der Waals surface area (Å²) in [6, 6.07) is -0.849. The zero-order valence-electron chi connectivity index (χ0n) is 58.5. The first-order valence-corrected chi connectivity index (χ1v) is 39.1. The first-order chi connectivity index (χ1) is 42.4. The quantitative estimate of drug-likeness (QED) is 0.0205. The molecule has 0 fully saturated rings. The van der Waals surface area contributed by atoms with Crippen LogP contribution in [0.2, 0.25) is 0 Å². The average molecular weight is 1240 g/mol. The Balaban J connectivity index is 4.94. The van der Waals surface area contributed by atoms with E-state index in [0.717, 1.165) is 70.6 Å². The monoisotopic (exact) mass is 1240 g/mol. The number of allylic oxidation sites excluding steroid dienone is 9. The number of hydrogen-bond acceptors (Lipinski definition) is 6. The molecule has 0 rings (SSSR count). The summed E-state index contributed by atoms with van der Waals surface area (Å²) in [4.78, 5) is 37.9. The van der Waals surface area contributed by atoms with E-state index >= 15 is 0 Å². The first-order valence-electron chi connectivity index (χ1n) is 37.6. The molecule has 0 spiro atoms. The SMILES string of the molecule is CCCCC/C=C\C/C=C\C/C=C\CCCCCCCCCCCCCCC(=O)OC(/C=C/CCCCCCCCCCC)C(COP(=O)(O)OCC[N+](C)(C)C)NC(=O)CCCCCCCCCCCCCCCCC/C=C/CCCCCCCC. The van der Waals surface area contributed by atoms with E-state index < -0.39 is 20.0 Å². The van der Waals surface area contributed by atoms with Crippen LogP contribution >= 0.6 is 7.82 Å². The minimum atomic E-state index is -4.45. The minimum Gasteiger partial charge on any atom is -0.456 e. The van der Waals surface area contributed by atoms with Crippen molar-refractivity contribution in [1.29, 1.82) is 0 Å². The number of quaternary nitrogens is 1. The number of esters is 1. The highest BCUT2D eigenvalue weighted by Gasteiger charge is 2.30. The van der Waals surface area contributed by atoms with Gasteiger partial charge in [-0.25, -0.2) is 4.57 Å². The number of nitrogens with one attached hydrogen (secondary N) is 1. The number of rotatable bonds is 69. The molecule has 0 aromatic rings. The molecule has 0 bridgehead atoms. The van der Waals surface area contributed by atoms with Crippen LogP contribution in [0.5, 0.6) is 0 Å². The Morgan fingerprint density at radius 2 is 0.701 bits per heavy atom. The van der Waals surface area contributed by atoms with Crippen LogP contribution in [0.4, 0.5) is 0 Å². The molecule has 0 aromatic heterocycles. The normalized spacial score (nSPS) is 13.8. The van der Waals surface area contributed by atoms with Gasteiger partial charge in [0.15, 0.2) is 0 Å². The third kappa shape index (κ3) is 67.9. The molecule has 510 valence electrons. The lowest BCUT2D eigenvalue weighted by molar-refractivity contribution is -0.870. The van der Waals surface area contributed by atoms with Crippen molar-refractivity contribution in [3.05, 3.63) is 60.8 Å². The maximum atomic E-state index is 13.6. The van der Waals surface area contributed by atoms with Crippen molar-refractivity contribution in [2.24, 2.45) is 0 Å².